The molecule has 5 heteroatoms. The number of carboxylic acid groups (broad SMARTS) is 1. The van der Waals surface area contributed by atoms with Gasteiger partial charge in [-0.05, 0) is 38.4 Å². The summed E-state index contributed by atoms with van der Waals surface area (Å²) in [5.41, 5.74) is 13.2. The molecule has 0 saturated carbocycles. The number of nitrogen functional groups attached to an aromatic ring is 2. The highest BCUT2D eigenvalue weighted by molar-refractivity contribution is 5.97. The molecule has 1 aromatic carbocycles. The zero-order chi connectivity index (χ0) is 14.6. The van der Waals surface area contributed by atoms with E-state index in [1.54, 1.807) is 6.07 Å². The molecule has 1 rings (SSSR count). The van der Waals surface area contributed by atoms with E-state index in [1.807, 2.05) is 0 Å². The van der Waals surface area contributed by atoms with Crippen molar-refractivity contribution < 1.29 is 9.90 Å². The smallest absolute Gasteiger partial charge is 0.337 e. The SMILES string of the molecule is CCC(C)N(C)CCc1ccc(C(=O)O)c(N)c1N. The Morgan fingerprint density at radius 3 is 2.53 bits per heavy atom. The molecule has 1 aromatic rings. The Hall–Kier alpha value is -1.75. The molecule has 0 aromatic heterocycles. The molecule has 0 heterocycles. The largest absolute Gasteiger partial charge is 0.478 e. The number of hydrogen-bond donors (Lipinski definition) is 3. The second-order valence-corrected chi connectivity index (χ2v) is 4.89. The maximum atomic E-state index is 10.9. The first-order chi connectivity index (χ1) is 8.88. The number of likely N-dealkylation sites (N-methyl/N-ethyl adjacent to an activating group) is 1. The molecular formula is C14H23N3O2. The second-order valence-electron chi connectivity index (χ2n) is 4.89. The van der Waals surface area contributed by atoms with E-state index in [2.05, 4.69) is 25.8 Å². The van der Waals surface area contributed by atoms with Crippen LogP contribution in [0.1, 0.15) is 36.2 Å². The molecule has 0 aliphatic heterocycles. The molecule has 0 aliphatic carbocycles. The highest BCUT2D eigenvalue weighted by atomic mass is 16.4. The van der Waals surface area contributed by atoms with Crippen LogP contribution in [0.3, 0.4) is 0 Å². The van der Waals surface area contributed by atoms with E-state index in [0.717, 1.165) is 24.9 Å². The molecule has 0 aliphatic rings. The molecule has 5 N–H and O–H groups in total. The van der Waals surface area contributed by atoms with Crippen molar-refractivity contribution in [2.24, 2.45) is 0 Å². The van der Waals surface area contributed by atoms with Crippen LogP contribution in [0.2, 0.25) is 0 Å². The Kier molecular flexibility index (Phi) is 5.18. The predicted molar refractivity (Wildman–Crippen MR) is 78.3 cm³/mol. The van der Waals surface area contributed by atoms with Crippen molar-refractivity contribution in [2.75, 3.05) is 25.1 Å². The summed E-state index contributed by atoms with van der Waals surface area (Å²) in [5.74, 6) is -1.05. The molecule has 0 fully saturated rings. The van der Waals surface area contributed by atoms with Crippen LogP contribution in [0, 0.1) is 0 Å². The lowest BCUT2D eigenvalue weighted by Gasteiger charge is -2.23. The molecule has 0 amide bonds. The first kappa shape index (κ1) is 15.3. The van der Waals surface area contributed by atoms with E-state index in [-0.39, 0.29) is 11.3 Å². The number of anilines is 2. The fourth-order valence-corrected chi connectivity index (χ4v) is 1.91. The van der Waals surface area contributed by atoms with Gasteiger partial charge in [-0.15, -0.1) is 0 Å². The van der Waals surface area contributed by atoms with Crippen LogP contribution in [0.15, 0.2) is 12.1 Å². The highest BCUT2D eigenvalue weighted by Crippen LogP contribution is 2.25. The molecular weight excluding hydrogens is 242 g/mol. The van der Waals surface area contributed by atoms with E-state index in [9.17, 15) is 4.79 Å². The first-order valence-corrected chi connectivity index (χ1v) is 6.48. The van der Waals surface area contributed by atoms with Crippen LogP contribution in [-0.4, -0.2) is 35.6 Å². The number of rotatable bonds is 6. The molecule has 1 unspecified atom stereocenters. The molecule has 0 saturated heterocycles. The number of nitrogens with zero attached hydrogens (tertiary/aromatic N) is 1. The zero-order valence-corrected chi connectivity index (χ0v) is 11.8. The third-order valence-electron chi connectivity index (χ3n) is 3.69. The van der Waals surface area contributed by atoms with E-state index in [0.29, 0.717) is 11.7 Å². The first-order valence-electron chi connectivity index (χ1n) is 6.48. The maximum Gasteiger partial charge on any atom is 0.337 e. The lowest BCUT2D eigenvalue weighted by Crippen LogP contribution is -2.30. The van der Waals surface area contributed by atoms with Gasteiger partial charge >= 0.3 is 5.97 Å². The van der Waals surface area contributed by atoms with Crippen molar-refractivity contribution in [3.05, 3.63) is 23.3 Å². The Balaban J connectivity index is 2.81. The van der Waals surface area contributed by atoms with Crippen molar-refractivity contribution in [1.82, 2.24) is 4.90 Å². The highest BCUT2D eigenvalue weighted by Gasteiger charge is 2.14. The number of benzene rings is 1. The van der Waals surface area contributed by atoms with E-state index < -0.39 is 5.97 Å². The van der Waals surface area contributed by atoms with Gasteiger partial charge in [0.05, 0.1) is 16.9 Å². The molecule has 0 spiro atoms. The van der Waals surface area contributed by atoms with Crippen molar-refractivity contribution in [1.29, 1.82) is 0 Å². The Morgan fingerprint density at radius 2 is 2.00 bits per heavy atom. The average molecular weight is 265 g/mol. The van der Waals surface area contributed by atoms with Crippen molar-refractivity contribution >= 4 is 17.3 Å². The van der Waals surface area contributed by atoms with Gasteiger partial charge in [-0.1, -0.05) is 13.0 Å². The summed E-state index contributed by atoms with van der Waals surface area (Å²) in [6.07, 6.45) is 1.85. The van der Waals surface area contributed by atoms with Gasteiger partial charge in [0.15, 0.2) is 0 Å². The summed E-state index contributed by atoms with van der Waals surface area (Å²) >= 11 is 0. The number of nitrogens with two attached hydrogens (primary N) is 2. The Bertz CT molecular complexity index is 460. The zero-order valence-electron chi connectivity index (χ0n) is 11.8. The van der Waals surface area contributed by atoms with Crippen LogP contribution < -0.4 is 11.5 Å². The fourth-order valence-electron chi connectivity index (χ4n) is 1.91. The third kappa shape index (κ3) is 3.61. The molecule has 19 heavy (non-hydrogen) atoms. The Morgan fingerprint density at radius 1 is 1.37 bits per heavy atom. The van der Waals surface area contributed by atoms with Crippen LogP contribution in [0.5, 0.6) is 0 Å². The lowest BCUT2D eigenvalue weighted by molar-refractivity contribution is 0.0698. The van der Waals surface area contributed by atoms with Crippen molar-refractivity contribution in [3.8, 4) is 0 Å². The van der Waals surface area contributed by atoms with E-state index in [4.69, 9.17) is 16.6 Å². The van der Waals surface area contributed by atoms with Gasteiger partial charge in [0.25, 0.3) is 0 Å². The monoisotopic (exact) mass is 265 g/mol. The minimum atomic E-state index is -1.05. The predicted octanol–water partition coefficient (Wildman–Crippen LogP) is 1.82. The summed E-state index contributed by atoms with van der Waals surface area (Å²) < 4.78 is 0. The standard InChI is InChI=1S/C14H23N3O2/c1-4-9(2)17(3)8-7-10-5-6-11(14(18)19)13(16)12(10)15/h5-6,9H,4,7-8,15-16H2,1-3H3,(H,18,19). The number of hydrogen-bond acceptors (Lipinski definition) is 4. The van der Waals surface area contributed by atoms with Gasteiger partial charge in [0.2, 0.25) is 0 Å². The van der Waals surface area contributed by atoms with Crippen molar-refractivity contribution in [3.63, 3.8) is 0 Å². The maximum absolute atomic E-state index is 10.9. The van der Waals surface area contributed by atoms with Gasteiger partial charge in [0, 0.05) is 12.6 Å². The number of carboxylic acids is 1. The van der Waals surface area contributed by atoms with E-state index in [1.165, 1.54) is 6.07 Å². The van der Waals surface area contributed by atoms with E-state index >= 15 is 0 Å². The molecule has 0 radical (unpaired) electrons. The Labute approximate surface area is 114 Å². The summed E-state index contributed by atoms with van der Waals surface area (Å²) in [6, 6.07) is 3.78. The van der Waals surface area contributed by atoms with Crippen LogP contribution in [0.25, 0.3) is 0 Å². The number of carbonyl (C=O) groups is 1. The minimum Gasteiger partial charge on any atom is -0.478 e. The summed E-state index contributed by atoms with van der Waals surface area (Å²) in [7, 11) is 2.07. The molecule has 5 nitrogen and oxygen atoms in total. The van der Waals surface area contributed by atoms with Gasteiger partial charge in [-0.2, -0.15) is 0 Å². The summed E-state index contributed by atoms with van der Waals surface area (Å²) in [6.45, 7) is 5.19. The van der Waals surface area contributed by atoms with Crippen LogP contribution in [-0.2, 0) is 6.42 Å². The van der Waals surface area contributed by atoms with Gasteiger partial charge in [-0.25, -0.2) is 4.79 Å². The number of aromatic carboxylic acids is 1. The van der Waals surface area contributed by atoms with Gasteiger partial charge in [0.1, 0.15) is 0 Å². The van der Waals surface area contributed by atoms with Gasteiger partial charge in [-0.3, -0.25) is 0 Å². The lowest BCUT2D eigenvalue weighted by atomic mass is 10.0. The van der Waals surface area contributed by atoms with Crippen LogP contribution >= 0.6 is 0 Å². The summed E-state index contributed by atoms with van der Waals surface area (Å²) in [5, 5.41) is 8.96. The van der Waals surface area contributed by atoms with Crippen LogP contribution in [0.4, 0.5) is 11.4 Å². The minimum absolute atomic E-state index is 0.0662. The normalized spacial score (nSPS) is 12.6. The summed E-state index contributed by atoms with van der Waals surface area (Å²) in [4.78, 5) is 13.2. The molecule has 0 bridgehead atoms. The molecule has 106 valence electrons. The topological polar surface area (TPSA) is 92.6 Å². The van der Waals surface area contributed by atoms with Crippen molar-refractivity contribution in [2.45, 2.75) is 32.7 Å². The molecule has 1 atom stereocenters. The third-order valence-corrected chi connectivity index (χ3v) is 3.69. The fraction of sp³-hybridized carbons (Fsp3) is 0.500. The van der Waals surface area contributed by atoms with Gasteiger partial charge < -0.3 is 21.5 Å². The average Bonchev–Trinajstić information content (AvgIpc) is 2.38. The second kappa shape index (κ2) is 6.43. The quantitative estimate of drug-likeness (QED) is 0.682.